The largest absolute Gasteiger partial charge is 0.369 e. The van der Waals surface area contributed by atoms with Gasteiger partial charge < -0.3 is 10.4 Å². The molecule has 8 nitrogen and oxygen atoms in total. The van der Waals surface area contributed by atoms with Crippen LogP contribution in [0.2, 0.25) is 0 Å². The van der Waals surface area contributed by atoms with Gasteiger partial charge in [-0.25, -0.2) is 13.1 Å². The Bertz CT molecular complexity index is 1120. The van der Waals surface area contributed by atoms with E-state index in [1.165, 1.54) is 11.0 Å². The third-order valence-corrected chi connectivity index (χ3v) is 8.18. The maximum atomic E-state index is 13.4. The number of anilines is 1. The van der Waals surface area contributed by atoms with Gasteiger partial charge in [0.25, 0.3) is 0 Å². The van der Waals surface area contributed by atoms with E-state index >= 15 is 0 Å². The second-order valence-electron chi connectivity index (χ2n) is 7.91. The highest BCUT2D eigenvalue weighted by molar-refractivity contribution is 7.89. The summed E-state index contributed by atoms with van der Waals surface area (Å²) in [5.74, 6) is 0.455. The second-order valence-corrected chi connectivity index (χ2v) is 9.98. The molecule has 2 aromatic carbocycles. The summed E-state index contributed by atoms with van der Waals surface area (Å²) in [6, 6.07) is 16.7. The number of hydrogen-bond donors (Lipinski definition) is 2. The maximum absolute atomic E-state index is 13.4. The van der Waals surface area contributed by atoms with Gasteiger partial charge in [0.15, 0.2) is 6.23 Å². The highest BCUT2D eigenvalue weighted by Crippen LogP contribution is 2.38. The Morgan fingerprint density at radius 1 is 1.13 bits per heavy atom. The number of aryl methyl sites for hydroxylation is 1. The monoisotopic (exact) mass is 441 g/mol. The van der Waals surface area contributed by atoms with E-state index in [0.717, 1.165) is 17.5 Å². The van der Waals surface area contributed by atoms with E-state index in [9.17, 15) is 13.5 Å². The summed E-state index contributed by atoms with van der Waals surface area (Å²) in [6.07, 6.45) is 1.90. The summed E-state index contributed by atoms with van der Waals surface area (Å²) in [7, 11) is -1.75. The predicted molar refractivity (Wildman–Crippen MR) is 118 cm³/mol. The van der Waals surface area contributed by atoms with Gasteiger partial charge in [0, 0.05) is 25.2 Å². The Kier molecular flexibility index (Phi) is 6.08. The van der Waals surface area contributed by atoms with E-state index in [2.05, 4.69) is 15.4 Å². The van der Waals surface area contributed by atoms with Crippen LogP contribution in [-0.4, -0.2) is 38.6 Å². The van der Waals surface area contributed by atoms with Crippen molar-refractivity contribution in [3.63, 3.8) is 0 Å². The Hall–Kier alpha value is -2.75. The number of benzene rings is 2. The van der Waals surface area contributed by atoms with Crippen LogP contribution in [-0.2, 0) is 23.6 Å². The van der Waals surface area contributed by atoms with Gasteiger partial charge in [0.1, 0.15) is 11.6 Å². The van der Waals surface area contributed by atoms with Gasteiger partial charge in [-0.1, -0.05) is 54.6 Å². The number of aromatic nitrogens is 3. The van der Waals surface area contributed by atoms with Crippen molar-refractivity contribution in [2.45, 2.75) is 43.8 Å². The molecule has 3 atom stereocenters. The van der Waals surface area contributed by atoms with Crippen molar-refractivity contribution >= 4 is 16.0 Å². The first-order valence-electron chi connectivity index (χ1n) is 10.3. The molecule has 0 amide bonds. The summed E-state index contributed by atoms with van der Waals surface area (Å²) < 4.78 is 29.9. The predicted octanol–water partition coefficient (Wildman–Crippen LogP) is 2.97. The van der Waals surface area contributed by atoms with E-state index in [-0.39, 0.29) is 6.04 Å². The molecule has 1 aliphatic rings. The fourth-order valence-corrected chi connectivity index (χ4v) is 6.17. The first-order valence-corrected chi connectivity index (χ1v) is 11.8. The minimum absolute atomic E-state index is 0.0622. The Balaban J connectivity index is 1.49. The van der Waals surface area contributed by atoms with Crippen molar-refractivity contribution in [2.75, 3.05) is 5.32 Å². The van der Waals surface area contributed by atoms with Gasteiger partial charge in [-0.2, -0.15) is 14.4 Å². The van der Waals surface area contributed by atoms with Crippen LogP contribution in [0.25, 0.3) is 0 Å². The minimum atomic E-state index is -3.48. The van der Waals surface area contributed by atoms with Gasteiger partial charge in [0.05, 0.1) is 0 Å². The average molecular weight is 442 g/mol. The van der Waals surface area contributed by atoms with Crippen LogP contribution in [0.4, 0.5) is 5.95 Å². The van der Waals surface area contributed by atoms with Crippen molar-refractivity contribution in [1.82, 2.24) is 19.1 Å². The smallest absolute Gasteiger partial charge is 0.223 e. The molecule has 2 N–H and O–H groups in total. The third-order valence-electron chi connectivity index (χ3n) is 5.81. The number of nitrogens with one attached hydrogen (secondary N) is 1. The van der Waals surface area contributed by atoms with E-state index < -0.39 is 21.5 Å². The summed E-state index contributed by atoms with van der Waals surface area (Å²) >= 11 is 0. The Morgan fingerprint density at radius 2 is 1.84 bits per heavy atom. The first kappa shape index (κ1) is 21.5. The first-order chi connectivity index (χ1) is 14.9. The highest BCUT2D eigenvalue weighted by atomic mass is 32.2. The summed E-state index contributed by atoms with van der Waals surface area (Å²) in [5, 5.41) is 16.8. The SMILES string of the molecule is C[C@H]1CCC(c2ccccc2)S(=O)(=O)N1Cc1ccc(C(O)Nc2ncnn2C)cc1. The van der Waals surface area contributed by atoms with Gasteiger partial charge in [-0.05, 0) is 30.9 Å². The number of rotatable bonds is 6. The van der Waals surface area contributed by atoms with Crippen molar-refractivity contribution in [1.29, 1.82) is 0 Å². The average Bonchev–Trinajstić information content (AvgIpc) is 3.16. The molecule has 31 heavy (non-hydrogen) atoms. The molecule has 3 aromatic rings. The Morgan fingerprint density at radius 3 is 2.48 bits per heavy atom. The van der Waals surface area contributed by atoms with Crippen LogP contribution >= 0.6 is 0 Å². The molecule has 4 rings (SSSR count). The summed E-state index contributed by atoms with van der Waals surface area (Å²) in [4.78, 5) is 4.04. The number of aliphatic hydroxyl groups is 1. The molecule has 0 radical (unpaired) electrons. The molecular formula is C22H27N5O3S. The molecule has 1 fully saturated rings. The van der Waals surface area contributed by atoms with E-state index in [1.54, 1.807) is 23.5 Å². The van der Waals surface area contributed by atoms with Crippen molar-refractivity contribution < 1.29 is 13.5 Å². The molecule has 1 aliphatic heterocycles. The second kappa shape index (κ2) is 8.78. The molecule has 0 aliphatic carbocycles. The standard InChI is InChI=1S/C22H27N5O3S/c1-16-8-13-20(18-6-4-3-5-7-18)31(29,30)27(16)14-17-9-11-19(12-10-17)21(28)25-22-23-15-24-26(22)2/h3-7,9-12,15-16,20-21,28H,8,13-14H2,1-2H3,(H,23,24,25)/t16-,20?,21?/m0/s1. The normalized spacial score (nSPS) is 22.2. The summed E-state index contributed by atoms with van der Waals surface area (Å²) in [5.41, 5.74) is 2.37. The molecule has 2 heterocycles. The van der Waals surface area contributed by atoms with Crippen LogP contribution < -0.4 is 5.32 Å². The van der Waals surface area contributed by atoms with Gasteiger partial charge in [0.2, 0.25) is 16.0 Å². The molecule has 0 saturated carbocycles. The number of hydrogen-bond acceptors (Lipinski definition) is 6. The van der Waals surface area contributed by atoms with Crippen LogP contribution in [0.5, 0.6) is 0 Å². The topological polar surface area (TPSA) is 100 Å². The van der Waals surface area contributed by atoms with E-state index in [1.807, 2.05) is 49.4 Å². The fourth-order valence-electron chi connectivity index (χ4n) is 3.97. The van der Waals surface area contributed by atoms with Gasteiger partial charge >= 0.3 is 0 Å². The van der Waals surface area contributed by atoms with Gasteiger partial charge in [-0.3, -0.25) is 0 Å². The lowest BCUT2D eigenvalue weighted by Crippen LogP contribution is -2.44. The van der Waals surface area contributed by atoms with Crippen LogP contribution in [0.15, 0.2) is 60.9 Å². The fraction of sp³-hybridized carbons (Fsp3) is 0.364. The highest BCUT2D eigenvalue weighted by Gasteiger charge is 2.40. The zero-order chi connectivity index (χ0) is 22.0. The molecule has 9 heteroatoms. The number of sulfonamides is 1. The molecule has 164 valence electrons. The van der Waals surface area contributed by atoms with E-state index in [4.69, 9.17) is 0 Å². The van der Waals surface area contributed by atoms with Gasteiger partial charge in [-0.15, -0.1) is 0 Å². The lowest BCUT2D eigenvalue weighted by molar-refractivity contribution is 0.206. The molecule has 0 spiro atoms. The number of aliphatic hydroxyl groups excluding tert-OH is 1. The van der Waals surface area contributed by atoms with Crippen LogP contribution in [0.3, 0.4) is 0 Å². The lowest BCUT2D eigenvalue weighted by Gasteiger charge is -2.37. The summed E-state index contributed by atoms with van der Waals surface area (Å²) in [6.45, 7) is 2.27. The lowest BCUT2D eigenvalue weighted by atomic mass is 10.0. The Labute approximate surface area is 182 Å². The molecule has 1 aromatic heterocycles. The van der Waals surface area contributed by atoms with Crippen LogP contribution in [0, 0.1) is 0 Å². The zero-order valence-corrected chi connectivity index (χ0v) is 18.4. The van der Waals surface area contributed by atoms with Crippen LogP contribution in [0.1, 0.15) is 47.9 Å². The minimum Gasteiger partial charge on any atom is -0.369 e. The van der Waals surface area contributed by atoms with Crippen molar-refractivity contribution in [3.05, 3.63) is 77.6 Å². The molecule has 0 bridgehead atoms. The van der Waals surface area contributed by atoms with Crippen molar-refractivity contribution in [2.24, 2.45) is 7.05 Å². The molecule has 1 saturated heterocycles. The van der Waals surface area contributed by atoms with E-state index in [0.29, 0.717) is 24.5 Å². The maximum Gasteiger partial charge on any atom is 0.223 e. The van der Waals surface area contributed by atoms with Crippen molar-refractivity contribution in [3.8, 4) is 0 Å². The molecular weight excluding hydrogens is 414 g/mol. The zero-order valence-electron chi connectivity index (χ0n) is 17.6. The number of nitrogens with zero attached hydrogens (tertiary/aromatic N) is 4. The quantitative estimate of drug-likeness (QED) is 0.571. The molecule has 2 unspecified atom stereocenters. The third kappa shape index (κ3) is 4.48.